The monoisotopic (exact) mass is 650 g/mol. The van der Waals surface area contributed by atoms with Crippen molar-refractivity contribution in [2.24, 2.45) is 0 Å². The van der Waals surface area contributed by atoms with Crippen LogP contribution in [0.3, 0.4) is 0 Å². The maximum atomic E-state index is 13.8. The molecule has 0 saturated carbocycles. The van der Waals surface area contributed by atoms with Gasteiger partial charge >= 0.3 is 6.09 Å². The normalized spacial score (nSPS) is 17.1. The third-order valence-electron chi connectivity index (χ3n) is 4.95. The Kier molecular flexibility index (Phi) is 8.13. The van der Waals surface area contributed by atoms with Gasteiger partial charge in [0.2, 0.25) is 10.0 Å². The number of nitrogens with zero attached hydrogens (tertiary/aromatic N) is 2. The summed E-state index contributed by atoms with van der Waals surface area (Å²) in [6, 6.07) is 12.3. The van der Waals surface area contributed by atoms with Gasteiger partial charge in [-0.3, -0.25) is 0 Å². The van der Waals surface area contributed by atoms with Crippen LogP contribution in [0.1, 0.15) is 32.8 Å². The smallest absolute Gasteiger partial charge is 0.410 e. The van der Waals surface area contributed by atoms with Crippen LogP contribution in [0.2, 0.25) is 0 Å². The number of benzene rings is 2. The van der Waals surface area contributed by atoms with E-state index in [4.69, 9.17) is 4.74 Å². The average molecular weight is 653 g/mol. The molecule has 1 amide bonds. The van der Waals surface area contributed by atoms with E-state index in [1.807, 2.05) is 45.0 Å². The maximum Gasteiger partial charge on any atom is 0.410 e. The van der Waals surface area contributed by atoms with Crippen LogP contribution in [0, 0.1) is 0 Å². The van der Waals surface area contributed by atoms with Gasteiger partial charge in [0.25, 0.3) is 0 Å². The van der Waals surface area contributed by atoms with Crippen molar-refractivity contribution in [1.29, 1.82) is 0 Å². The topological polar surface area (TPSA) is 66.9 Å². The van der Waals surface area contributed by atoms with Crippen molar-refractivity contribution in [3.8, 4) is 0 Å². The first-order chi connectivity index (χ1) is 14.9. The van der Waals surface area contributed by atoms with E-state index in [0.29, 0.717) is 21.9 Å². The largest absolute Gasteiger partial charge is 0.444 e. The van der Waals surface area contributed by atoms with Crippen molar-refractivity contribution in [3.05, 3.63) is 61.4 Å². The molecule has 1 aliphatic heterocycles. The van der Waals surface area contributed by atoms with E-state index in [0.717, 1.165) is 10.0 Å². The molecule has 0 radical (unpaired) electrons. The van der Waals surface area contributed by atoms with Crippen molar-refractivity contribution in [2.45, 2.75) is 50.3 Å². The highest BCUT2D eigenvalue weighted by molar-refractivity contribution is 9.11. The number of carbonyl (C=O) groups is 1. The zero-order chi connectivity index (χ0) is 23.7. The van der Waals surface area contributed by atoms with Crippen LogP contribution in [-0.2, 0) is 21.3 Å². The predicted molar refractivity (Wildman–Crippen MR) is 135 cm³/mol. The lowest BCUT2D eigenvalue weighted by molar-refractivity contribution is 0.0286. The predicted octanol–water partition coefficient (Wildman–Crippen LogP) is 6.17. The molecular formula is C22H25Br3N2O4S. The van der Waals surface area contributed by atoms with E-state index in [9.17, 15) is 13.2 Å². The number of ether oxygens (including phenoxy) is 1. The lowest BCUT2D eigenvalue weighted by atomic mass is 10.2. The summed E-state index contributed by atoms with van der Waals surface area (Å²) < 4.78 is 36.7. The Labute approximate surface area is 214 Å². The Morgan fingerprint density at radius 3 is 2.34 bits per heavy atom. The van der Waals surface area contributed by atoms with Gasteiger partial charge in [-0.2, -0.15) is 4.31 Å². The number of sulfonamides is 1. The van der Waals surface area contributed by atoms with Gasteiger partial charge in [-0.25, -0.2) is 13.2 Å². The summed E-state index contributed by atoms with van der Waals surface area (Å²) in [5.41, 5.74) is 0.248. The summed E-state index contributed by atoms with van der Waals surface area (Å²) in [7, 11) is -3.86. The summed E-state index contributed by atoms with van der Waals surface area (Å²) in [5, 5.41) is 0. The molecule has 6 nitrogen and oxygen atoms in total. The summed E-state index contributed by atoms with van der Waals surface area (Å²) >= 11 is 10.2. The first-order valence-electron chi connectivity index (χ1n) is 10.1. The SMILES string of the molecule is CC(C)(C)OC(=O)N1CC[C@@H](N(Cc2ccc(Br)cc2)S(=O)(=O)c2cc(Br)ccc2Br)C1. The van der Waals surface area contributed by atoms with Crippen molar-refractivity contribution in [3.63, 3.8) is 0 Å². The van der Waals surface area contributed by atoms with Gasteiger partial charge in [0.1, 0.15) is 5.60 Å². The van der Waals surface area contributed by atoms with Gasteiger partial charge < -0.3 is 9.64 Å². The Morgan fingerprint density at radius 2 is 1.72 bits per heavy atom. The van der Waals surface area contributed by atoms with Gasteiger partial charge in [-0.05, 0) is 79.0 Å². The Hall–Kier alpha value is -0.940. The van der Waals surface area contributed by atoms with Gasteiger partial charge in [0.15, 0.2) is 0 Å². The van der Waals surface area contributed by atoms with E-state index in [1.165, 1.54) is 4.31 Å². The molecular weight excluding hydrogens is 628 g/mol. The fourth-order valence-electron chi connectivity index (χ4n) is 3.45. The third-order valence-corrected chi connectivity index (χ3v) is 8.87. The molecule has 2 aromatic carbocycles. The van der Waals surface area contributed by atoms with Crippen LogP contribution in [0.15, 0.2) is 60.8 Å². The highest BCUT2D eigenvalue weighted by atomic mass is 79.9. The standard InChI is InChI=1S/C22H25Br3N2O4S/c1-22(2,3)31-21(28)26-11-10-18(14-26)27(13-15-4-6-16(23)7-5-15)32(29,30)20-12-17(24)8-9-19(20)25/h4-9,12,18H,10-11,13-14H2,1-3H3/t18-/m1/s1. The van der Waals surface area contributed by atoms with E-state index in [2.05, 4.69) is 47.8 Å². The zero-order valence-electron chi connectivity index (χ0n) is 18.0. The number of hydrogen-bond donors (Lipinski definition) is 0. The molecule has 0 unspecified atom stereocenters. The van der Waals surface area contributed by atoms with Gasteiger partial charge in [0.05, 0.1) is 4.90 Å². The van der Waals surface area contributed by atoms with Crippen LogP contribution in [0.25, 0.3) is 0 Å². The van der Waals surface area contributed by atoms with Crippen molar-refractivity contribution < 1.29 is 17.9 Å². The third kappa shape index (κ3) is 6.34. The number of rotatable bonds is 5. The second-order valence-electron chi connectivity index (χ2n) is 8.62. The van der Waals surface area contributed by atoms with Crippen LogP contribution in [0.4, 0.5) is 4.79 Å². The molecule has 1 aliphatic rings. The highest BCUT2D eigenvalue weighted by Crippen LogP contribution is 2.32. The van der Waals surface area contributed by atoms with Crippen LogP contribution in [-0.4, -0.2) is 48.4 Å². The highest BCUT2D eigenvalue weighted by Gasteiger charge is 2.39. The molecule has 1 saturated heterocycles. The average Bonchev–Trinajstić information content (AvgIpc) is 3.18. The van der Waals surface area contributed by atoms with Crippen LogP contribution >= 0.6 is 47.8 Å². The fourth-order valence-corrected chi connectivity index (χ4v) is 6.81. The lowest BCUT2D eigenvalue weighted by Crippen LogP contribution is -2.43. The van der Waals surface area contributed by atoms with Crippen molar-refractivity contribution in [2.75, 3.05) is 13.1 Å². The molecule has 2 aromatic rings. The second-order valence-corrected chi connectivity index (χ2v) is 13.2. The van der Waals surface area contributed by atoms with Gasteiger partial charge in [-0.15, -0.1) is 0 Å². The summed E-state index contributed by atoms with van der Waals surface area (Å²) in [5.74, 6) is 0. The maximum absolute atomic E-state index is 13.8. The summed E-state index contributed by atoms with van der Waals surface area (Å²) in [4.78, 5) is 14.3. The van der Waals surface area contributed by atoms with Crippen LogP contribution < -0.4 is 0 Å². The quantitative estimate of drug-likeness (QED) is 0.387. The zero-order valence-corrected chi connectivity index (χ0v) is 23.6. The molecule has 10 heteroatoms. The molecule has 32 heavy (non-hydrogen) atoms. The second kappa shape index (κ2) is 10.1. The molecule has 174 valence electrons. The van der Waals surface area contributed by atoms with E-state index in [-0.39, 0.29) is 24.0 Å². The molecule has 1 fully saturated rings. The summed E-state index contributed by atoms with van der Waals surface area (Å²) in [6.07, 6.45) is 0.102. The molecule has 0 bridgehead atoms. The molecule has 1 heterocycles. The van der Waals surface area contributed by atoms with Gasteiger partial charge in [-0.1, -0.05) is 44.0 Å². The molecule has 3 rings (SSSR count). The van der Waals surface area contributed by atoms with E-state index in [1.54, 1.807) is 23.1 Å². The minimum absolute atomic E-state index is 0.180. The number of halogens is 3. The molecule has 0 N–H and O–H groups in total. The molecule has 0 aromatic heterocycles. The molecule has 0 spiro atoms. The van der Waals surface area contributed by atoms with Crippen LogP contribution in [0.5, 0.6) is 0 Å². The van der Waals surface area contributed by atoms with Crippen molar-refractivity contribution in [1.82, 2.24) is 9.21 Å². The number of likely N-dealkylation sites (tertiary alicyclic amines) is 1. The number of carbonyl (C=O) groups excluding carboxylic acids is 1. The minimum Gasteiger partial charge on any atom is -0.444 e. The Bertz CT molecular complexity index is 1090. The molecule has 0 aliphatic carbocycles. The first kappa shape index (κ1) is 25.7. The number of amides is 1. The van der Waals surface area contributed by atoms with Crippen molar-refractivity contribution >= 4 is 63.9 Å². The Balaban J connectivity index is 1.94. The van der Waals surface area contributed by atoms with E-state index >= 15 is 0 Å². The van der Waals surface area contributed by atoms with E-state index < -0.39 is 21.7 Å². The Morgan fingerprint density at radius 1 is 1.09 bits per heavy atom. The summed E-state index contributed by atoms with van der Waals surface area (Å²) in [6.45, 7) is 6.35. The first-order valence-corrected chi connectivity index (χ1v) is 13.9. The number of hydrogen-bond acceptors (Lipinski definition) is 4. The lowest BCUT2D eigenvalue weighted by Gasteiger charge is -2.29. The molecule has 1 atom stereocenters. The van der Waals surface area contributed by atoms with Gasteiger partial charge in [0, 0.05) is 39.1 Å². The minimum atomic E-state index is -3.86. The fraction of sp³-hybridized carbons (Fsp3) is 0.409.